The van der Waals surface area contributed by atoms with Crippen molar-refractivity contribution in [2.45, 2.75) is 38.1 Å². The van der Waals surface area contributed by atoms with Gasteiger partial charge in [0.1, 0.15) is 0 Å². The first-order chi connectivity index (χ1) is 10.3. The Morgan fingerprint density at radius 3 is 2.67 bits per heavy atom. The number of nitrogens with one attached hydrogen (secondary N) is 1. The molecule has 3 rings (SSSR count). The number of amides is 1. The van der Waals surface area contributed by atoms with Crippen LogP contribution in [0, 0.1) is 17.8 Å². The molecule has 0 aromatic rings. The molecule has 0 aromatic heterocycles. The van der Waals surface area contributed by atoms with Crippen molar-refractivity contribution in [3.05, 3.63) is 0 Å². The maximum absolute atomic E-state index is 12.3. The minimum Gasteiger partial charge on any atom is -0.379 e. The summed E-state index contributed by atoms with van der Waals surface area (Å²) >= 11 is 0. The molecule has 3 N–H and O–H groups in total. The molecule has 4 unspecified atom stereocenters. The Bertz CT molecular complexity index is 355. The van der Waals surface area contributed by atoms with Crippen LogP contribution < -0.4 is 11.1 Å². The topological polar surface area (TPSA) is 67.6 Å². The van der Waals surface area contributed by atoms with Crippen molar-refractivity contribution in [3.8, 4) is 0 Å². The third-order valence-electron chi connectivity index (χ3n) is 5.59. The van der Waals surface area contributed by atoms with E-state index in [1.54, 1.807) is 0 Å². The normalized spacial score (nSPS) is 36.0. The van der Waals surface area contributed by atoms with E-state index in [0.717, 1.165) is 52.2 Å². The number of carbonyl (C=O) groups is 1. The van der Waals surface area contributed by atoms with Crippen LogP contribution in [-0.2, 0) is 9.53 Å². The van der Waals surface area contributed by atoms with Gasteiger partial charge in [-0.15, -0.1) is 0 Å². The third-order valence-corrected chi connectivity index (χ3v) is 5.59. The first kappa shape index (κ1) is 15.3. The lowest BCUT2D eigenvalue weighted by molar-refractivity contribution is -0.127. The maximum atomic E-state index is 12.3. The molecule has 1 heterocycles. The standard InChI is InChI=1S/C16H29N3O2/c17-15-13-4-3-12(11-13)14(15)16(20)18-5-1-2-6-19-7-9-21-10-8-19/h12-15H,1-11,17H2,(H,18,20). The Kier molecular flexibility index (Phi) is 5.14. The number of unbranched alkanes of at least 4 members (excludes halogenated alkanes) is 1. The van der Waals surface area contributed by atoms with Crippen LogP contribution in [-0.4, -0.2) is 56.2 Å². The highest BCUT2D eigenvalue weighted by atomic mass is 16.5. The van der Waals surface area contributed by atoms with Crippen molar-refractivity contribution in [2.24, 2.45) is 23.5 Å². The molecule has 0 spiro atoms. The quantitative estimate of drug-likeness (QED) is 0.704. The molecule has 2 bridgehead atoms. The number of nitrogens with two attached hydrogens (primary N) is 1. The van der Waals surface area contributed by atoms with E-state index in [-0.39, 0.29) is 17.9 Å². The number of fused-ring (bicyclic) bond motifs is 2. The lowest BCUT2D eigenvalue weighted by Gasteiger charge is -2.27. The Hall–Kier alpha value is -0.650. The average Bonchev–Trinajstić information content (AvgIpc) is 3.08. The van der Waals surface area contributed by atoms with Crippen LogP contribution in [0.3, 0.4) is 0 Å². The Morgan fingerprint density at radius 1 is 1.19 bits per heavy atom. The lowest BCUT2D eigenvalue weighted by Crippen LogP contribution is -2.45. The second-order valence-electron chi connectivity index (χ2n) is 6.89. The summed E-state index contributed by atoms with van der Waals surface area (Å²) in [5.41, 5.74) is 6.21. The average molecular weight is 295 g/mol. The van der Waals surface area contributed by atoms with Crippen molar-refractivity contribution in [1.29, 1.82) is 0 Å². The highest BCUT2D eigenvalue weighted by molar-refractivity contribution is 5.80. The first-order valence-electron chi connectivity index (χ1n) is 8.59. The highest BCUT2D eigenvalue weighted by Gasteiger charge is 2.48. The van der Waals surface area contributed by atoms with Gasteiger partial charge < -0.3 is 15.8 Å². The monoisotopic (exact) mass is 295 g/mol. The van der Waals surface area contributed by atoms with E-state index in [4.69, 9.17) is 10.5 Å². The SMILES string of the molecule is NC1C2CCC(C2)C1C(=O)NCCCCN1CCOCC1. The van der Waals surface area contributed by atoms with Crippen molar-refractivity contribution in [2.75, 3.05) is 39.4 Å². The molecule has 3 aliphatic rings. The fourth-order valence-corrected chi connectivity index (χ4v) is 4.34. The molecular formula is C16H29N3O2. The zero-order valence-electron chi connectivity index (χ0n) is 12.9. The van der Waals surface area contributed by atoms with Gasteiger partial charge in [-0.1, -0.05) is 0 Å². The minimum atomic E-state index is 0.0861. The largest absolute Gasteiger partial charge is 0.379 e. The van der Waals surface area contributed by atoms with Gasteiger partial charge in [0.2, 0.25) is 5.91 Å². The van der Waals surface area contributed by atoms with Crippen LogP contribution in [0.25, 0.3) is 0 Å². The van der Waals surface area contributed by atoms with E-state index < -0.39 is 0 Å². The summed E-state index contributed by atoms with van der Waals surface area (Å²) in [7, 11) is 0. The lowest BCUT2D eigenvalue weighted by atomic mass is 9.84. The van der Waals surface area contributed by atoms with Gasteiger partial charge in [0.05, 0.1) is 19.1 Å². The Balaban J connectivity index is 1.29. The van der Waals surface area contributed by atoms with Gasteiger partial charge in [0, 0.05) is 25.7 Å². The van der Waals surface area contributed by atoms with Gasteiger partial charge in [-0.25, -0.2) is 0 Å². The molecule has 2 saturated carbocycles. The molecule has 1 saturated heterocycles. The number of ether oxygens (including phenoxy) is 1. The van der Waals surface area contributed by atoms with E-state index >= 15 is 0 Å². The zero-order valence-corrected chi connectivity index (χ0v) is 12.9. The first-order valence-corrected chi connectivity index (χ1v) is 8.59. The van der Waals surface area contributed by atoms with E-state index in [0.29, 0.717) is 11.8 Å². The Labute approximate surface area is 127 Å². The van der Waals surface area contributed by atoms with Crippen LogP contribution in [0.1, 0.15) is 32.1 Å². The van der Waals surface area contributed by atoms with Gasteiger partial charge in [-0.05, 0) is 50.5 Å². The minimum absolute atomic E-state index is 0.0861. The summed E-state index contributed by atoms with van der Waals surface area (Å²) in [5.74, 6) is 1.45. The van der Waals surface area contributed by atoms with Crippen LogP contribution in [0.2, 0.25) is 0 Å². The molecular weight excluding hydrogens is 266 g/mol. The van der Waals surface area contributed by atoms with E-state index in [1.807, 2.05) is 0 Å². The van der Waals surface area contributed by atoms with Crippen molar-refractivity contribution < 1.29 is 9.53 Å². The van der Waals surface area contributed by atoms with Crippen molar-refractivity contribution in [1.82, 2.24) is 10.2 Å². The summed E-state index contributed by atoms with van der Waals surface area (Å²) < 4.78 is 5.34. The summed E-state index contributed by atoms with van der Waals surface area (Å²) in [4.78, 5) is 14.7. The maximum Gasteiger partial charge on any atom is 0.224 e. The highest BCUT2D eigenvalue weighted by Crippen LogP contribution is 2.47. The number of hydrogen-bond donors (Lipinski definition) is 2. The fraction of sp³-hybridized carbons (Fsp3) is 0.938. The molecule has 4 atom stereocenters. The molecule has 5 nitrogen and oxygen atoms in total. The molecule has 2 aliphatic carbocycles. The van der Waals surface area contributed by atoms with Crippen molar-refractivity contribution >= 4 is 5.91 Å². The Morgan fingerprint density at radius 2 is 1.95 bits per heavy atom. The summed E-state index contributed by atoms with van der Waals surface area (Å²) in [6.07, 6.45) is 5.81. The molecule has 120 valence electrons. The van der Waals surface area contributed by atoms with Crippen LogP contribution in [0.5, 0.6) is 0 Å². The number of morpholine rings is 1. The van der Waals surface area contributed by atoms with Gasteiger partial charge in [-0.3, -0.25) is 9.69 Å². The van der Waals surface area contributed by atoms with Gasteiger partial charge >= 0.3 is 0 Å². The van der Waals surface area contributed by atoms with E-state index in [9.17, 15) is 4.79 Å². The fourth-order valence-electron chi connectivity index (χ4n) is 4.34. The van der Waals surface area contributed by atoms with Gasteiger partial charge in [-0.2, -0.15) is 0 Å². The predicted octanol–water partition coefficient (Wildman–Crippen LogP) is 0.588. The van der Waals surface area contributed by atoms with Gasteiger partial charge in [0.25, 0.3) is 0 Å². The van der Waals surface area contributed by atoms with E-state index in [2.05, 4.69) is 10.2 Å². The summed E-state index contributed by atoms with van der Waals surface area (Å²) in [6.45, 7) is 5.73. The summed E-state index contributed by atoms with van der Waals surface area (Å²) in [5, 5.41) is 3.12. The van der Waals surface area contributed by atoms with Crippen LogP contribution in [0.15, 0.2) is 0 Å². The summed E-state index contributed by atoms with van der Waals surface area (Å²) in [6, 6.07) is 0.108. The molecule has 0 radical (unpaired) electrons. The zero-order chi connectivity index (χ0) is 14.7. The van der Waals surface area contributed by atoms with E-state index in [1.165, 1.54) is 19.3 Å². The van der Waals surface area contributed by atoms with Crippen LogP contribution in [0.4, 0.5) is 0 Å². The predicted molar refractivity (Wildman–Crippen MR) is 81.8 cm³/mol. The molecule has 1 aliphatic heterocycles. The second-order valence-corrected chi connectivity index (χ2v) is 6.89. The molecule has 1 amide bonds. The number of hydrogen-bond acceptors (Lipinski definition) is 4. The second kappa shape index (κ2) is 7.07. The van der Waals surface area contributed by atoms with Crippen LogP contribution >= 0.6 is 0 Å². The third kappa shape index (κ3) is 3.58. The van der Waals surface area contributed by atoms with Gasteiger partial charge in [0.15, 0.2) is 0 Å². The smallest absolute Gasteiger partial charge is 0.224 e. The molecule has 3 fully saturated rings. The molecule has 21 heavy (non-hydrogen) atoms. The van der Waals surface area contributed by atoms with Crippen molar-refractivity contribution in [3.63, 3.8) is 0 Å². The molecule has 0 aromatic carbocycles. The molecule has 5 heteroatoms. The number of nitrogens with zero attached hydrogens (tertiary/aromatic N) is 1. The number of carbonyl (C=O) groups excluding carboxylic acids is 1. The number of rotatable bonds is 6.